The summed E-state index contributed by atoms with van der Waals surface area (Å²) in [5, 5.41) is 0.748. The highest BCUT2D eigenvalue weighted by Gasteiger charge is 2.60. The summed E-state index contributed by atoms with van der Waals surface area (Å²) in [4.78, 5) is 22.4. The van der Waals surface area contributed by atoms with E-state index in [1.54, 1.807) is 0 Å². The highest BCUT2D eigenvalue weighted by atomic mass is 32.2. The number of hydrogen-bond acceptors (Lipinski definition) is 4. The van der Waals surface area contributed by atoms with Crippen molar-refractivity contribution in [2.24, 2.45) is 11.8 Å². The van der Waals surface area contributed by atoms with Crippen LogP contribution in [-0.2, 0) is 14.3 Å². The topological polar surface area (TPSA) is 43.4 Å². The van der Waals surface area contributed by atoms with Crippen LogP contribution in [0.3, 0.4) is 0 Å². The Bertz CT molecular complexity index is 249. The Kier molecular flexibility index (Phi) is 1.18. The van der Waals surface area contributed by atoms with Crippen LogP contribution in [0.2, 0.25) is 0 Å². The lowest BCUT2D eigenvalue weighted by Gasteiger charge is -2.15. The average molecular weight is 184 g/mol. The lowest BCUT2D eigenvalue weighted by molar-refractivity contribution is -0.153. The molecule has 3 rings (SSSR count). The number of cyclic esters (lactones) is 2. The second kappa shape index (κ2) is 2.05. The van der Waals surface area contributed by atoms with Gasteiger partial charge in [-0.3, -0.25) is 9.59 Å². The fraction of sp³-hybridized carbons (Fsp3) is 0.750. The molecule has 3 saturated heterocycles. The Hall–Kier alpha value is -0.510. The third-order valence-corrected chi connectivity index (χ3v) is 4.78. The van der Waals surface area contributed by atoms with Crippen molar-refractivity contribution in [1.82, 2.24) is 0 Å². The Morgan fingerprint density at radius 1 is 1.08 bits per heavy atom. The van der Waals surface area contributed by atoms with Gasteiger partial charge in [-0.2, -0.15) is 11.8 Å². The monoisotopic (exact) mass is 184 g/mol. The molecule has 4 atom stereocenters. The standard InChI is InChI=1S/C8H8O3S/c9-7-5-3-1-2-4(12-3)6(5)8(10)11-7/h3-6H,1-2H2. The summed E-state index contributed by atoms with van der Waals surface area (Å²) >= 11 is 1.81. The number of esters is 2. The molecule has 2 bridgehead atoms. The van der Waals surface area contributed by atoms with Crippen molar-refractivity contribution >= 4 is 23.7 Å². The van der Waals surface area contributed by atoms with Crippen LogP contribution >= 0.6 is 11.8 Å². The number of carbonyl (C=O) groups is 2. The van der Waals surface area contributed by atoms with Gasteiger partial charge < -0.3 is 4.74 Å². The van der Waals surface area contributed by atoms with Crippen LogP contribution in [0.5, 0.6) is 0 Å². The highest BCUT2D eigenvalue weighted by Crippen LogP contribution is 2.55. The van der Waals surface area contributed by atoms with Crippen molar-refractivity contribution in [2.75, 3.05) is 0 Å². The van der Waals surface area contributed by atoms with E-state index in [1.807, 2.05) is 11.8 Å². The molecule has 12 heavy (non-hydrogen) atoms. The molecule has 4 unspecified atom stereocenters. The largest absolute Gasteiger partial charge is 0.393 e. The third-order valence-electron chi connectivity index (χ3n) is 3.02. The summed E-state index contributed by atoms with van der Waals surface area (Å²) in [6.07, 6.45) is 2.16. The number of ether oxygens (including phenoxy) is 1. The molecule has 3 aliphatic rings. The number of rotatable bonds is 0. The lowest BCUT2D eigenvalue weighted by Crippen LogP contribution is -2.29. The van der Waals surface area contributed by atoms with Crippen molar-refractivity contribution < 1.29 is 14.3 Å². The van der Waals surface area contributed by atoms with E-state index in [-0.39, 0.29) is 23.8 Å². The SMILES string of the molecule is O=C1OC(=O)C2C3CCC(S3)C12. The molecule has 0 radical (unpaired) electrons. The van der Waals surface area contributed by atoms with E-state index in [0.29, 0.717) is 10.5 Å². The number of carbonyl (C=O) groups excluding carboxylic acids is 2. The molecule has 3 fully saturated rings. The quantitative estimate of drug-likeness (QED) is 0.408. The predicted octanol–water partition coefficient (Wildman–Crippen LogP) is 0.580. The molecule has 3 heterocycles. The summed E-state index contributed by atoms with van der Waals surface area (Å²) < 4.78 is 4.62. The molecule has 3 aliphatic heterocycles. The van der Waals surface area contributed by atoms with E-state index < -0.39 is 0 Å². The number of thioether (sulfide) groups is 1. The third kappa shape index (κ3) is 0.648. The van der Waals surface area contributed by atoms with Gasteiger partial charge in [-0.1, -0.05) is 0 Å². The van der Waals surface area contributed by atoms with Crippen LogP contribution in [0.1, 0.15) is 12.8 Å². The summed E-state index contributed by atoms with van der Waals surface area (Å²) in [6.45, 7) is 0. The maximum atomic E-state index is 11.2. The molecule has 0 N–H and O–H groups in total. The minimum atomic E-state index is -0.273. The van der Waals surface area contributed by atoms with E-state index >= 15 is 0 Å². The lowest BCUT2D eigenvalue weighted by atomic mass is 9.81. The van der Waals surface area contributed by atoms with Gasteiger partial charge in [0, 0.05) is 10.5 Å². The van der Waals surface area contributed by atoms with Gasteiger partial charge in [0.15, 0.2) is 0 Å². The molecular formula is C8H8O3S. The van der Waals surface area contributed by atoms with Gasteiger partial charge in [-0.25, -0.2) is 0 Å². The minimum Gasteiger partial charge on any atom is -0.393 e. The molecule has 0 aromatic carbocycles. The van der Waals surface area contributed by atoms with Crippen LogP contribution in [0.4, 0.5) is 0 Å². The summed E-state index contributed by atoms with van der Waals surface area (Å²) in [7, 11) is 0. The second-order valence-corrected chi connectivity index (χ2v) is 5.07. The molecule has 0 aliphatic carbocycles. The second-order valence-electron chi connectivity index (χ2n) is 3.58. The zero-order valence-electron chi connectivity index (χ0n) is 6.36. The zero-order valence-corrected chi connectivity index (χ0v) is 7.17. The summed E-state index contributed by atoms with van der Waals surface area (Å²) in [5.41, 5.74) is 0. The van der Waals surface area contributed by atoms with Crippen molar-refractivity contribution in [1.29, 1.82) is 0 Å². The Morgan fingerprint density at radius 3 is 2.08 bits per heavy atom. The van der Waals surface area contributed by atoms with Gasteiger partial charge in [-0.05, 0) is 12.8 Å². The van der Waals surface area contributed by atoms with Crippen LogP contribution in [0.25, 0.3) is 0 Å². The summed E-state index contributed by atoms with van der Waals surface area (Å²) in [5.74, 6) is -0.739. The first-order valence-electron chi connectivity index (χ1n) is 4.18. The van der Waals surface area contributed by atoms with Gasteiger partial charge >= 0.3 is 11.9 Å². The first-order chi connectivity index (χ1) is 5.77. The van der Waals surface area contributed by atoms with Crippen LogP contribution in [-0.4, -0.2) is 22.4 Å². The fourth-order valence-electron chi connectivity index (χ4n) is 2.51. The van der Waals surface area contributed by atoms with Gasteiger partial charge in [0.25, 0.3) is 0 Å². The Labute approximate surface area is 73.8 Å². The molecule has 3 nitrogen and oxygen atoms in total. The van der Waals surface area contributed by atoms with Gasteiger partial charge in [-0.15, -0.1) is 0 Å². The normalized spacial score (nSPS) is 49.7. The molecule has 0 saturated carbocycles. The van der Waals surface area contributed by atoms with E-state index in [0.717, 1.165) is 12.8 Å². The van der Waals surface area contributed by atoms with Crippen molar-refractivity contribution in [3.63, 3.8) is 0 Å². The maximum absolute atomic E-state index is 11.2. The van der Waals surface area contributed by atoms with E-state index in [1.165, 1.54) is 0 Å². The number of fused-ring (bicyclic) bond motifs is 5. The smallest absolute Gasteiger partial charge is 0.318 e. The van der Waals surface area contributed by atoms with Crippen LogP contribution < -0.4 is 0 Å². The van der Waals surface area contributed by atoms with Crippen LogP contribution in [0, 0.1) is 11.8 Å². The molecular weight excluding hydrogens is 176 g/mol. The number of hydrogen-bond donors (Lipinski definition) is 0. The van der Waals surface area contributed by atoms with E-state index in [2.05, 4.69) is 4.74 Å². The molecule has 0 aromatic heterocycles. The average Bonchev–Trinajstić information content (AvgIpc) is 2.64. The van der Waals surface area contributed by atoms with Gasteiger partial charge in [0.1, 0.15) is 0 Å². The Morgan fingerprint density at radius 2 is 1.58 bits per heavy atom. The predicted molar refractivity (Wildman–Crippen MR) is 42.5 cm³/mol. The highest BCUT2D eigenvalue weighted by molar-refractivity contribution is 8.01. The van der Waals surface area contributed by atoms with E-state index in [9.17, 15) is 9.59 Å². The van der Waals surface area contributed by atoms with Crippen molar-refractivity contribution in [3.05, 3.63) is 0 Å². The van der Waals surface area contributed by atoms with Crippen molar-refractivity contribution in [3.8, 4) is 0 Å². The zero-order chi connectivity index (χ0) is 8.29. The maximum Gasteiger partial charge on any atom is 0.318 e. The van der Waals surface area contributed by atoms with Gasteiger partial charge in [0.2, 0.25) is 0 Å². The van der Waals surface area contributed by atoms with Gasteiger partial charge in [0.05, 0.1) is 11.8 Å². The minimum absolute atomic E-state index is 0.0961. The van der Waals surface area contributed by atoms with E-state index in [4.69, 9.17) is 0 Å². The molecule has 64 valence electrons. The summed E-state index contributed by atoms with van der Waals surface area (Å²) in [6, 6.07) is 0. The molecule has 4 heteroatoms. The van der Waals surface area contributed by atoms with Crippen molar-refractivity contribution in [2.45, 2.75) is 23.3 Å². The fourth-order valence-corrected chi connectivity index (χ4v) is 4.40. The first kappa shape index (κ1) is 6.95. The Balaban J connectivity index is 2.03. The van der Waals surface area contributed by atoms with Crippen LogP contribution in [0.15, 0.2) is 0 Å². The molecule has 0 aromatic rings. The molecule has 0 amide bonds. The molecule has 0 spiro atoms. The first-order valence-corrected chi connectivity index (χ1v) is 5.12.